The smallest absolute Gasteiger partial charge is 0.243 e. The molecule has 3 aromatic rings. The Labute approximate surface area is 190 Å². The summed E-state index contributed by atoms with van der Waals surface area (Å²) in [6.45, 7) is 2.48. The van der Waals surface area contributed by atoms with Gasteiger partial charge in [-0.2, -0.15) is 4.31 Å². The van der Waals surface area contributed by atoms with Crippen molar-refractivity contribution in [3.63, 3.8) is 0 Å². The second kappa shape index (κ2) is 8.74. The third-order valence-electron chi connectivity index (χ3n) is 5.50. The van der Waals surface area contributed by atoms with E-state index >= 15 is 0 Å². The molecule has 0 aliphatic carbocycles. The molecule has 0 bridgehead atoms. The second-order valence-corrected chi connectivity index (χ2v) is 10.8. The lowest BCUT2D eigenvalue weighted by Crippen LogP contribution is -2.41. The van der Waals surface area contributed by atoms with E-state index in [2.05, 4.69) is 10.3 Å². The lowest BCUT2D eigenvalue weighted by Gasteiger charge is -2.30. The Hall–Kier alpha value is -2.20. The molecule has 1 saturated heterocycles. The SMILES string of the molecule is COc1ccc(S(=O)(=O)N2CCC(C(=O)Nc3nc4c(C)c(Cl)ccc4s3)CC2)cc1. The minimum Gasteiger partial charge on any atom is -0.497 e. The van der Waals surface area contributed by atoms with Crippen LogP contribution >= 0.6 is 22.9 Å². The first-order valence-electron chi connectivity index (χ1n) is 9.80. The van der Waals surface area contributed by atoms with Gasteiger partial charge in [-0.05, 0) is 61.7 Å². The summed E-state index contributed by atoms with van der Waals surface area (Å²) < 4.78 is 33.2. The van der Waals surface area contributed by atoms with Crippen molar-refractivity contribution in [3.05, 3.63) is 47.0 Å². The molecule has 2 aromatic carbocycles. The summed E-state index contributed by atoms with van der Waals surface area (Å²) in [6, 6.07) is 10.0. The number of nitrogens with zero attached hydrogens (tertiary/aromatic N) is 2. The van der Waals surface area contributed by atoms with Gasteiger partial charge in [0.2, 0.25) is 15.9 Å². The number of fused-ring (bicyclic) bond motifs is 1. The van der Waals surface area contributed by atoms with E-state index in [-0.39, 0.29) is 16.7 Å². The van der Waals surface area contributed by atoms with E-state index in [1.54, 1.807) is 12.1 Å². The number of benzene rings is 2. The minimum absolute atomic E-state index is 0.135. The Balaban J connectivity index is 1.40. The monoisotopic (exact) mass is 479 g/mol. The summed E-state index contributed by atoms with van der Waals surface area (Å²) in [5.74, 6) is 0.199. The zero-order valence-corrected chi connectivity index (χ0v) is 19.5. The van der Waals surface area contributed by atoms with E-state index in [1.165, 1.54) is 34.9 Å². The summed E-state index contributed by atoms with van der Waals surface area (Å²) in [4.78, 5) is 17.5. The van der Waals surface area contributed by atoms with E-state index in [1.807, 2.05) is 19.1 Å². The average Bonchev–Trinajstić information content (AvgIpc) is 3.19. The second-order valence-electron chi connectivity index (χ2n) is 7.38. The largest absolute Gasteiger partial charge is 0.497 e. The van der Waals surface area contributed by atoms with E-state index < -0.39 is 10.0 Å². The Morgan fingerprint density at radius 2 is 1.87 bits per heavy atom. The number of aryl methyl sites for hydroxylation is 1. The maximum atomic E-state index is 12.9. The van der Waals surface area contributed by atoms with Crippen molar-refractivity contribution < 1.29 is 17.9 Å². The lowest BCUT2D eigenvalue weighted by atomic mass is 9.97. The van der Waals surface area contributed by atoms with E-state index in [4.69, 9.17) is 16.3 Å². The van der Waals surface area contributed by atoms with Crippen LogP contribution in [0.5, 0.6) is 5.75 Å². The van der Waals surface area contributed by atoms with Crippen LogP contribution in [0, 0.1) is 12.8 Å². The first-order valence-corrected chi connectivity index (χ1v) is 12.4. The Morgan fingerprint density at radius 1 is 1.19 bits per heavy atom. The lowest BCUT2D eigenvalue weighted by molar-refractivity contribution is -0.120. The number of carbonyl (C=O) groups is 1. The number of hydrogen-bond donors (Lipinski definition) is 1. The Morgan fingerprint density at radius 3 is 2.52 bits per heavy atom. The third kappa shape index (κ3) is 4.41. The van der Waals surface area contributed by atoms with Gasteiger partial charge in [0.25, 0.3) is 0 Å². The first kappa shape index (κ1) is 22.0. The maximum absolute atomic E-state index is 12.9. The van der Waals surface area contributed by atoms with Crippen molar-refractivity contribution in [2.24, 2.45) is 5.92 Å². The fourth-order valence-corrected chi connectivity index (χ4v) is 6.17. The predicted octanol–water partition coefficient (Wildman–Crippen LogP) is 4.31. The average molecular weight is 480 g/mol. The number of anilines is 1. The number of thiazole rings is 1. The van der Waals surface area contributed by atoms with Crippen molar-refractivity contribution >= 4 is 54.2 Å². The standard InChI is InChI=1S/C21H22ClN3O4S2/c1-13-17(22)7-8-18-19(13)23-21(30-18)24-20(26)14-9-11-25(12-10-14)31(27,28)16-5-3-15(29-2)4-6-16/h3-8,14H,9-12H2,1-2H3,(H,23,24,26). The van der Waals surface area contributed by atoms with Crippen molar-refractivity contribution in [2.45, 2.75) is 24.7 Å². The fraction of sp³-hybridized carbons (Fsp3) is 0.333. The van der Waals surface area contributed by atoms with E-state index in [0.29, 0.717) is 41.8 Å². The molecule has 0 spiro atoms. The maximum Gasteiger partial charge on any atom is 0.243 e. The van der Waals surface area contributed by atoms with Crippen molar-refractivity contribution in [3.8, 4) is 5.75 Å². The van der Waals surface area contributed by atoms with Gasteiger partial charge >= 0.3 is 0 Å². The predicted molar refractivity (Wildman–Crippen MR) is 122 cm³/mol. The number of nitrogens with one attached hydrogen (secondary N) is 1. The molecule has 10 heteroatoms. The van der Waals surface area contributed by atoms with Gasteiger partial charge in [0, 0.05) is 24.0 Å². The van der Waals surface area contributed by atoms with Gasteiger partial charge in [0.05, 0.1) is 22.2 Å². The van der Waals surface area contributed by atoms with Crippen molar-refractivity contribution in [1.29, 1.82) is 0 Å². The molecule has 1 aliphatic heterocycles. The molecular weight excluding hydrogens is 458 g/mol. The molecule has 2 heterocycles. The first-order chi connectivity index (χ1) is 14.8. The highest BCUT2D eigenvalue weighted by Crippen LogP contribution is 2.32. The molecule has 1 amide bonds. The molecule has 0 atom stereocenters. The normalized spacial score (nSPS) is 15.8. The van der Waals surface area contributed by atoms with E-state index in [0.717, 1.165) is 15.8 Å². The van der Waals surface area contributed by atoms with Gasteiger partial charge in [0.1, 0.15) is 5.75 Å². The number of sulfonamides is 1. The van der Waals surface area contributed by atoms with Crippen LogP contribution in [-0.2, 0) is 14.8 Å². The Bertz CT molecular complexity index is 1220. The number of carbonyl (C=O) groups excluding carboxylic acids is 1. The highest BCUT2D eigenvalue weighted by Gasteiger charge is 2.32. The summed E-state index contributed by atoms with van der Waals surface area (Å²) in [5, 5.41) is 4.06. The van der Waals surface area contributed by atoms with Crippen LogP contribution in [0.25, 0.3) is 10.2 Å². The van der Waals surface area contributed by atoms with Crippen molar-refractivity contribution in [2.75, 3.05) is 25.5 Å². The summed E-state index contributed by atoms with van der Waals surface area (Å²) >= 11 is 7.55. The molecule has 1 aromatic heterocycles. The molecule has 31 heavy (non-hydrogen) atoms. The fourth-order valence-electron chi connectivity index (χ4n) is 3.62. The van der Waals surface area contributed by atoms with Crippen LogP contribution in [0.15, 0.2) is 41.3 Å². The van der Waals surface area contributed by atoms with Crippen LogP contribution < -0.4 is 10.1 Å². The zero-order chi connectivity index (χ0) is 22.2. The van der Waals surface area contributed by atoms with Gasteiger partial charge in [-0.25, -0.2) is 13.4 Å². The molecule has 1 aliphatic rings. The van der Waals surface area contributed by atoms with Gasteiger partial charge < -0.3 is 10.1 Å². The number of hydrogen-bond acceptors (Lipinski definition) is 6. The summed E-state index contributed by atoms with van der Waals surface area (Å²) in [5.41, 5.74) is 1.67. The molecule has 4 rings (SSSR count). The van der Waals surface area contributed by atoms with Crippen LogP contribution in [0.4, 0.5) is 5.13 Å². The number of piperidine rings is 1. The molecule has 1 fully saturated rings. The molecular formula is C21H22ClN3O4S2. The van der Waals surface area contributed by atoms with Crippen LogP contribution in [0.2, 0.25) is 5.02 Å². The quantitative estimate of drug-likeness (QED) is 0.589. The van der Waals surface area contributed by atoms with Crippen LogP contribution in [0.1, 0.15) is 18.4 Å². The van der Waals surface area contributed by atoms with Gasteiger partial charge in [0.15, 0.2) is 5.13 Å². The number of rotatable bonds is 5. The number of halogens is 1. The highest BCUT2D eigenvalue weighted by molar-refractivity contribution is 7.89. The minimum atomic E-state index is -3.60. The number of methoxy groups -OCH3 is 1. The third-order valence-corrected chi connectivity index (χ3v) is 8.76. The molecule has 0 unspecified atom stereocenters. The zero-order valence-electron chi connectivity index (χ0n) is 17.1. The van der Waals surface area contributed by atoms with Crippen LogP contribution in [0.3, 0.4) is 0 Å². The molecule has 0 radical (unpaired) electrons. The highest BCUT2D eigenvalue weighted by atomic mass is 35.5. The summed E-state index contributed by atoms with van der Waals surface area (Å²) in [7, 11) is -2.07. The number of aromatic nitrogens is 1. The van der Waals surface area contributed by atoms with E-state index in [9.17, 15) is 13.2 Å². The van der Waals surface area contributed by atoms with Gasteiger partial charge in [-0.1, -0.05) is 22.9 Å². The van der Waals surface area contributed by atoms with Gasteiger partial charge in [-0.15, -0.1) is 0 Å². The number of ether oxygens (including phenoxy) is 1. The Kier molecular flexibility index (Phi) is 6.20. The summed E-state index contributed by atoms with van der Waals surface area (Å²) in [6.07, 6.45) is 0.911. The molecule has 1 N–H and O–H groups in total. The molecule has 7 nitrogen and oxygen atoms in total. The molecule has 0 saturated carbocycles. The molecule has 164 valence electrons. The number of amides is 1. The van der Waals surface area contributed by atoms with Crippen molar-refractivity contribution in [1.82, 2.24) is 9.29 Å². The topological polar surface area (TPSA) is 88.6 Å². The van der Waals surface area contributed by atoms with Gasteiger partial charge in [-0.3, -0.25) is 4.79 Å². The van der Waals surface area contributed by atoms with Crippen LogP contribution in [-0.4, -0.2) is 43.8 Å².